The lowest BCUT2D eigenvalue weighted by Gasteiger charge is -2.06. The predicted octanol–water partition coefficient (Wildman–Crippen LogP) is 1.27. The summed E-state index contributed by atoms with van der Waals surface area (Å²) in [4.78, 5) is 22.7. The number of hydrogen-bond acceptors (Lipinski definition) is 6. The van der Waals surface area contributed by atoms with Crippen LogP contribution >= 0.6 is 11.8 Å². The molecule has 0 aliphatic heterocycles. The Morgan fingerprint density at radius 1 is 1.50 bits per heavy atom. The zero-order chi connectivity index (χ0) is 15.9. The maximum absolute atomic E-state index is 11.6. The topological polar surface area (TPSA) is 102 Å². The van der Waals surface area contributed by atoms with Gasteiger partial charge < -0.3 is 9.73 Å². The number of amides is 3. The summed E-state index contributed by atoms with van der Waals surface area (Å²) in [5, 5.41) is 13.2. The number of nitrogens with one attached hydrogen (secondary N) is 2. The molecule has 0 atom stereocenters. The Morgan fingerprint density at radius 3 is 2.95 bits per heavy atom. The summed E-state index contributed by atoms with van der Waals surface area (Å²) in [5.74, 6) is 0.757. The summed E-state index contributed by atoms with van der Waals surface area (Å²) in [6.45, 7) is 4.17. The van der Waals surface area contributed by atoms with Crippen LogP contribution in [0.15, 0.2) is 40.6 Å². The van der Waals surface area contributed by atoms with Crippen molar-refractivity contribution < 1.29 is 14.0 Å². The third-order valence-electron chi connectivity index (χ3n) is 2.58. The van der Waals surface area contributed by atoms with Crippen molar-refractivity contribution in [2.45, 2.75) is 11.7 Å². The number of allylic oxidation sites excluding steroid dienone is 1. The number of hydrogen-bond donors (Lipinski definition) is 2. The normalized spacial score (nSPS) is 10.2. The van der Waals surface area contributed by atoms with Gasteiger partial charge in [-0.3, -0.25) is 14.7 Å². The van der Waals surface area contributed by atoms with Gasteiger partial charge >= 0.3 is 6.03 Å². The van der Waals surface area contributed by atoms with Gasteiger partial charge in [-0.2, -0.15) is 0 Å². The van der Waals surface area contributed by atoms with E-state index in [0.29, 0.717) is 23.3 Å². The van der Waals surface area contributed by atoms with Crippen molar-refractivity contribution in [1.29, 1.82) is 0 Å². The summed E-state index contributed by atoms with van der Waals surface area (Å²) in [7, 11) is 1.44. The van der Waals surface area contributed by atoms with Crippen LogP contribution in [0, 0.1) is 0 Å². The number of thioether (sulfide) groups is 1. The molecule has 2 N–H and O–H groups in total. The molecule has 9 heteroatoms. The van der Waals surface area contributed by atoms with Gasteiger partial charge in [-0.05, 0) is 12.1 Å². The second-order valence-corrected chi connectivity index (χ2v) is 5.04. The number of carbonyl (C=O) groups is 2. The largest absolute Gasteiger partial charge is 0.461 e. The highest BCUT2D eigenvalue weighted by Gasteiger charge is 2.16. The number of furan rings is 1. The SMILES string of the molecule is C=CCn1c(SCC(=O)NC(=O)NC)nnc1-c1ccco1. The van der Waals surface area contributed by atoms with Crippen LogP contribution in [0.25, 0.3) is 11.6 Å². The van der Waals surface area contributed by atoms with E-state index in [9.17, 15) is 9.59 Å². The van der Waals surface area contributed by atoms with Crippen molar-refractivity contribution in [3.8, 4) is 11.6 Å². The molecule has 0 radical (unpaired) electrons. The Labute approximate surface area is 131 Å². The Bertz CT molecular complexity index is 665. The lowest BCUT2D eigenvalue weighted by molar-refractivity contribution is -0.117. The van der Waals surface area contributed by atoms with E-state index in [-0.39, 0.29) is 5.75 Å². The Balaban J connectivity index is 2.09. The van der Waals surface area contributed by atoms with E-state index >= 15 is 0 Å². The number of carbonyl (C=O) groups excluding carboxylic acids is 2. The molecule has 2 rings (SSSR count). The Morgan fingerprint density at radius 2 is 2.32 bits per heavy atom. The minimum atomic E-state index is -0.547. The van der Waals surface area contributed by atoms with Crippen LogP contribution in [0.4, 0.5) is 4.79 Å². The summed E-state index contributed by atoms with van der Waals surface area (Å²) in [5.41, 5.74) is 0. The molecule has 2 aromatic heterocycles. The molecular weight excluding hydrogens is 306 g/mol. The van der Waals surface area contributed by atoms with Crippen LogP contribution in [-0.2, 0) is 11.3 Å². The smallest absolute Gasteiger partial charge is 0.321 e. The quantitative estimate of drug-likeness (QED) is 0.613. The van der Waals surface area contributed by atoms with Crippen LogP contribution < -0.4 is 10.6 Å². The average Bonchev–Trinajstić information content (AvgIpc) is 3.15. The molecule has 0 unspecified atom stereocenters. The van der Waals surface area contributed by atoms with Crippen molar-refractivity contribution in [3.63, 3.8) is 0 Å². The molecule has 0 saturated carbocycles. The molecule has 0 bridgehead atoms. The molecule has 0 aliphatic carbocycles. The van der Waals surface area contributed by atoms with Crippen LogP contribution in [0.3, 0.4) is 0 Å². The highest BCUT2D eigenvalue weighted by molar-refractivity contribution is 7.99. The summed E-state index contributed by atoms with van der Waals surface area (Å²) >= 11 is 1.17. The highest BCUT2D eigenvalue weighted by atomic mass is 32.2. The fraction of sp³-hybridized carbons (Fsp3) is 0.231. The Kier molecular flexibility index (Phi) is 5.37. The van der Waals surface area contributed by atoms with E-state index in [1.165, 1.54) is 18.8 Å². The molecule has 0 fully saturated rings. The second-order valence-electron chi connectivity index (χ2n) is 4.10. The van der Waals surface area contributed by atoms with Crippen LogP contribution in [0.2, 0.25) is 0 Å². The minimum absolute atomic E-state index is 0.0425. The monoisotopic (exact) mass is 321 g/mol. The lowest BCUT2D eigenvalue weighted by atomic mass is 10.4. The average molecular weight is 321 g/mol. The van der Waals surface area contributed by atoms with E-state index in [0.717, 1.165) is 0 Å². The van der Waals surface area contributed by atoms with Crippen molar-refractivity contribution in [2.75, 3.05) is 12.8 Å². The van der Waals surface area contributed by atoms with E-state index in [1.807, 2.05) is 0 Å². The molecule has 0 aromatic carbocycles. The third kappa shape index (κ3) is 3.76. The molecule has 2 aromatic rings. The second kappa shape index (κ2) is 7.46. The maximum atomic E-state index is 11.6. The number of rotatable bonds is 6. The van der Waals surface area contributed by atoms with Gasteiger partial charge in [0.25, 0.3) is 0 Å². The third-order valence-corrected chi connectivity index (χ3v) is 3.55. The first-order chi connectivity index (χ1) is 10.7. The molecule has 0 spiro atoms. The molecule has 0 aliphatic rings. The van der Waals surface area contributed by atoms with E-state index < -0.39 is 11.9 Å². The van der Waals surface area contributed by atoms with E-state index in [2.05, 4.69) is 27.4 Å². The minimum Gasteiger partial charge on any atom is -0.461 e. The number of urea groups is 1. The fourth-order valence-electron chi connectivity index (χ4n) is 1.63. The van der Waals surface area contributed by atoms with Gasteiger partial charge in [-0.1, -0.05) is 17.8 Å². The van der Waals surface area contributed by atoms with Gasteiger partial charge in [0.1, 0.15) is 0 Å². The summed E-state index contributed by atoms with van der Waals surface area (Å²) in [6, 6.07) is 2.98. The van der Waals surface area contributed by atoms with Crippen LogP contribution in [0.1, 0.15) is 0 Å². The van der Waals surface area contributed by atoms with Crippen molar-refractivity contribution >= 4 is 23.7 Å². The Hall–Kier alpha value is -2.55. The van der Waals surface area contributed by atoms with Crippen molar-refractivity contribution in [1.82, 2.24) is 25.4 Å². The number of imide groups is 1. The number of aromatic nitrogens is 3. The molecule has 116 valence electrons. The zero-order valence-corrected chi connectivity index (χ0v) is 12.7. The molecule has 8 nitrogen and oxygen atoms in total. The summed E-state index contributed by atoms with van der Waals surface area (Å²) < 4.78 is 7.09. The highest BCUT2D eigenvalue weighted by Crippen LogP contribution is 2.24. The molecule has 22 heavy (non-hydrogen) atoms. The van der Waals surface area contributed by atoms with E-state index in [4.69, 9.17) is 4.42 Å². The van der Waals surface area contributed by atoms with E-state index in [1.54, 1.807) is 29.0 Å². The van der Waals surface area contributed by atoms with Crippen LogP contribution in [0.5, 0.6) is 0 Å². The summed E-state index contributed by atoms with van der Waals surface area (Å²) in [6.07, 6.45) is 3.25. The number of nitrogens with zero attached hydrogens (tertiary/aromatic N) is 3. The maximum Gasteiger partial charge on any atom is 0.321 e. The van der Waals surface area contributed by atoms with Gasteiger partial charge in [0.15, 0.2) is 10.9 Å². The zero-order valence-electron chi connectivity index (χ0n) is 11.9. The fourth-order valence-corrected chi connectivity index (χ4v) is 2.38. The first kappa shape index (κ1) is 15.8. The van der Waals surface area contributed by atoms with Crippen molar-refractivity contribution in [2.24, 2.45) is 0 Å². The van der Waals surface area contributed by atoms with Crippen LogP contribution in [-0.4, -0.2) is 39.5 Å². The molecule has 2 heterocycles. The van der Waals surface area contributed by atoms with Crippen molar-refractivity contribution in [3.05, 3.63) is 31.1 Å². The van der Waals surface area contributed by atoms with Gasteiger partial charge in [0, 0.05) is 13.6 Å². The standard InChI is InChI=1S/C13H15N5O3S/c1-3-6-18-11(9-5-4-7-21-9)16-17-13(18)22-8-10(19)15-12(20)14-2/h3-5,7H,1,6,8H2,2H3,(H2,14,15,19,20). The van der Waals surface area contributed by atoms with Gasteiger partial charge in [-0.15, -0.1) is 16.8 Å². The first-order valence-corrected chi connectivity index (χ1v) is 7.36. The predicted molar refractivity (Wildman–Crippen MR) is 81.2 cm³/mol. The van der Waals surface area contributed by atoms with Gasteiger partial charge in [0.05, 0.1) is 12.0 Å². The molecule has 3 amide bonds. The first-order valence-electron chi connectivity index (χ1n) is 6.38. The molecule has 0 saturated heterocycles. The van der Waals surface area contributed by atoms with Gasteiger partial charge in [-0.25, -0.2) is 4.79 Å². The lowest BCUT2D eigenvalue weighted by Crippen LogP contribution is -2.38. The molecular formula is C13H15N5O3S. The van der Waals surface area contributed by atoms with Gasteiger partial charge in [0.2, 0.25) is 11.7 Å².